The molecule has 0 radical (unpaired) electrons. The molecule has 0 aromatic rings. The van der Waals surface area contributed by atoms with Gasteiger partial charge in [0.1, 0.15) is 72.7 Å². The third-order valence-electron chi connectivity index (χ3n) is 20.3. The van der Waals surface area contributed by atoms with E-state index in [4.69, 9.17) is 16.9 Å². The molecule has 13 amide bonds. The van der Waals surface area contributed by atoms with Crippen molar-refractivity contribution in [3.8, 4) is 0 Å². The summed E-state index contributed by atoms with van der Waals surface area (Å²) in [6.45, 7) is 14.4. The fourth-order valence-corrected chi connectivity index (χ4v) is 16.5. The number of nitrogens with zero attached hydrogens (tertiary/aromatic N) is 3. The van der Waals surface area contributed by atoms with E-state index in [1.165, 1.54) is 42.4 Å². The molecule has 1 aliphatic carbocycles. The van der Waals surface area contributed by atoms with Crippen molar-refractivity contribution in [2.45, 2.75) is 280 Å². The van der Waals surface area contributed by atoms with Crippen LogP contribution in [0.3, 0.4) is 0 Å². The summed E-state index contributed by atoms with van der Waals surface area (Å²) < 4.78 is -1.74. The van der Waals surface area contributed by atoms with Gasteiger partial charge in [-0.05, 0) is 122 Å². The normalized spacial score (nSPS) is 26.1. The van der Waals surface area contributed by atoms with E-state index < -0.39 is 228 Å². The zero-order chi connectivity index (χ0) is 81.8. The maximum Gasteiger partial charge on any atom is 0.304 e. The number of carboxylic acids is 1. The van der Waals surface area contributed by atoms with Gasteiger partial charge >= 0.3 is 5.97 Å². The van der Waals surface area contributed by atoms with E-state index in [-0.39, 0.29) is 102 Å². The molecule has 4 fully saturated rings. The summed E-state index contributed by atoms with van der Waals surface area (Å²) in [5.74, 6) is -14.5. The predicted octanol–water partition coefficient (Wildman–Crippen LogP) is -2.30. The van der Waals surface area contributed by atoms with Crippen molar-refractivity contribution < 1.29 is 92.3 Å². The van der Waals surface area contributed by atoms with Gasteiger partial charge in [-0.25, -0.2) is 0 Å². The first-order valence-corrected chi connectivity index (χ1v) is 40.3. The number of nitrogens with one attached hydrogen (secondary N) is 12. The van der Waals surface area contributed by atoms with Gasteiger partial charge in [0.05, 0.1) is 35.8 Å². The molecule has 1 saturated carbocycles. The summed E-state index contributed by atoms with van der Waals surface area (Å²) >= 11 is 0. The number of hydrogen-bond donors (Lipinski definition) is 18. The minimum atomic E-state index is -1.95. The summed E-state index contributed by atoms with van der Waals surface area (Å²) in [5.41, 5.74) is 9.50. The van der Waals surface area contributed by atoms with Crippen molar-refractivity contribution in [3.63, 3.8) is 0 Å². The number of fused-ring (bicyclic) bond motifs is 4. The molecular formula is C71H121N17O19S2. The Kier molecular flexibility index (Phi) is 38.4. The van der Waals surface area contributed by atoms with E-state index in [2.05, 4.69) is 58.5 Å². The standard InChI is InChI=1S/C71H121N17O19S2/c1-12-20-43-59(99)84-54(63(103)83-53(39(7)15-4)68(107)86(28-14-3)41(9)56(96)76-35-71(36-91,37-92)33-52(93)94)70(10,11)109-108-65(85-60(100)44(21-13-2)77-55(95)40(8)72)64(104)82-48(34-90)61(101)78-45(23-18-27-75-69(73)74)57(97)79-46(26-30-89)58(98)81-47(31-38(5)6)66(105)87-29-19-25-50(87)67(106)88-49-24-17-16-22-42(49)32-51(88)62(102)80-43/h36,38-51,53-54,65,89-90,92H,12-35,37,72H2,1-11H3,(H,76,96)(H,77,95)(H,78,101)(H,79,97)(H,80,102)(H,81,98)(H,82,104)(H,83,103)(H,84,99)(H,85,100)(H,93,94)(H4,73,74,75)/t39-,40-,41-,42-,43-,44-,45-,46-,47-,48-,49?,50-,51-,53-,54+,65-,71-/m0/s1. The molecule has 0 spiro atoms. The van der Waals surface area contributed by atoms with Crippen LogP contribution in [-0.2, 0) is 71.9 Å². The molecule has 0 aromatic heterocycles. The zero-order valence-corrected chi connectivity index (χ0v) is 66.4. The third kappa shape index (κ3) is 26.9. The highest BCUT2D eigenvalue weighted by Crippen LogP contribution is 2.43. The number of guanidine groups is 1. The minimum absolute atomic E-state index is 0.00183. The number of hydrogen-bond acceptors (Lipinski definition) is 22. The number of nitrogens with two attached hydrogens (primary N) is 2. The van der Waals surface area contributed by atoms with E-state index in [9.17, 15) is 58.8 Å². The van der Waals surface area contributed by atoms with Gasteiger partial charge in [-0.1, -0.05) is 102 Å². The van der Waals surface area contributed by atoms with Crippen molar-refractivity contribution in [2.75, 3.05) is 46.0 Å². The predicted molar refractivity (Wildman–Crippen MR) is 405 cm³/mol. The van der Waals surface area contributed by atoms with E-state index in [1.54, 1.807) is 48.5 Å². The van der Waals surface area contributed by atoms with Crippen molar-refractivity contribution in [1.82, 2.24) is 73.2 Å². The maximum atomic E-state index is 15.8. The Morgan fingerprint density at radius 1 is 0.716 bits per heavy atom. The molecule has 1 unspecified atom stereocenters. The van der Waals surface area contributed by atoms with Crippen LogP contribution in [0.2, 0.25) is 0 Å². The monoisotopic (exact) mass is 1580 g/mol. The molecule has 3 aliphatic heterocycles. The largest absolute Gasteiger partial charge is 0.481 e. The second-order valence-electron chi connectivity index (χ2n) is 30.0. The Bertz CT molecular complexity index is 3190. The summed E-state index contributed by atoms with van der Waals surface area (Å²) in [7, 11) is 1.29. The molecule has 0 bridgehead atoms. The third-order valence-corrected chi connectivity index (χ3v) is 23.7. The fourth-order valence-electron chi connectivity index (χ4n) is 13.9. The van der Waals surface area contributed by atoms with Crippen LogP contribution in [0.1, 0.15) is 192 Å². The Hall–Kier alpha value is -7.94. The molecule has 20 N–H and O–H groups in total. The first-order valence-electron chi connectivity index (χ1n) is 38.1. The molecule has 3 heterocycles. The van der Waals surface area contributed by atoms with Crippen LogP contribution in [0.25, 0.3) is 0 Å². The Labute approximate surface area is 645 Å². The van der Waals surface area contributed by atoms with Gasteiger partial charge in [0.15, 0.2) is 11.3 Å². The molecule has 4 aliphatic rings. The quantitative estimate of drug-likeness (QED) is 0.0111. The van der Waals surface area contributed by atoms with Gasteiger partial charge in [0, 0.05) is 38.8 Å². The summed E-state index contributed by atoms with van der Waals surface area (Å²) in [6, 6.07) is -17.7. The molecule has 38 heteroatoms. The van der Waals surface area contributed by atoms with Gasteiger partial charge in [-0.15, -0.1) is 0 Å². The van der Waals surface area contributed by atoms with Gasteiger partial charge in [0.2, 0.25) is 70.9 Å². The Morgan fingerprint density at radius 2 is 1.32 bits per heavy atom. The Balaban J connectivity index is 2.02. The van der Waals surface area contributed by atoms with Crippen LogP contribution < -0.4 is 70.0 Å². The molecule has 36 nitrogen and oxygen atoms in total. The van der Waals surface area contributed by atoms with Gasteiger partial charge < -0.3 is 110 Å². The summed E-state index contributed by atoms with van der Waals surface area (Å²) in [6.07, 6.45) is 3.19. The Morgan fingerprint density at radius 3 is 1.89 bits per heavy atom. The van der Waals surface area contributed by atoms with Crippen LogP contribution >= 0.6 is 21.6 Å². The lowest BCUT2D eigenvalue weighted by Crippen LogP contribution is -2.64. The van der Waals surface area contributed by atoms with Crippen molar-refractivity contribution in [3.05, 3.63) is 0 Å². The van der Waals surface area contributed by atoms with E-state index in [1.807, 2.05) is 0 Å². The lowest BCUT2D eigenvalue weighted by molar-refractivity contribution is -0.150. The van der Waals surface area contributed by atoms with Crippen LogP contribution in [0.5, 0.6) is 0 Å². The highest BCUT2D eigenvalue weighted by Gasteiger charge is 2.53. The number of aliphatic carboxylic acids is 1. The van der Waals surface area contributed by atoms with Crippen molar-refractivity contribution in [2.24, 2.45) is 34.6 Å². The van der Waals surface area contributed by atoms with Gasteiger partial charge in [-0.2, -0.15) is 0 Å². The van der Waals surface area contributed by atoms with Gasteiger partial charge in [-0.3, -0.25) is 72.5 Å². The highest BCUT2D eigenvalue weighted by molar-refractivity contribution is 8.77. The molecule has 0 aromatic carbocycles. The number of carbonyl (C=O) groups is 15. The lowest BCUT2D eigenvalue weighted by Gasteiger charge is -2.38. The SMILES string of the molecule is CCC[C@H](NC(=O)[C@H](C)N)C(=O)N[C@H]1SSC(C)(C)[C@@H](C(=O)N[C@H](C(=O)N(CCC)[C@@H](C)C(=O)NC[C@@](C=O)(CO)CC(=O)O)[C@@H](C)CC)NC(=O)[C@H](CCC)NC(=O)[C@@H]2C[C@@H]3CCCCC3N2C(=O)[C@@H]2CCCN2C(=O)[C@H](CC(C)C)NC(=O)[C@H](CCO)NC(=O)[C@H](CCCNC(=N)N)NC(=O)[C@H](CO)NC1=O. The molecule has 616 valence electrons. The van der Waals surface area contributed by atoms with Crippen molar-refractivity contribution in [1.29, 1.82) is 5.41 Å². The average Bonchev–Trinajstić information content (AvgIpc) is 1.62. The average molecular weight is 1580 g/mol. The number of carboxylic acid groups (broad SMARTS) is 1. The fraction of sp³-hybridized carbons (Fsp3) is 0.775. The minimum Gasteiger partial charge on any atom is -0.481 e. The first-order chi connectivity index (χ1) is 51.4. The number of aliphatic hydroxyl groups excluding tert-OH is 3. The van der Waals surface area contributed by atoms with E-state index >= 15 is 33.6 Å². The van der Waals surface area contributed by atoms with Crippen LogP contribution in [0.15, 0.2) is 0 Å². The summed E-state index contributed by atoms with van der Waals surface area (Å²) in [4.78, 5) is 221. The molecule has 17 atom stereocenters. The molecule has 3 saturated heterocycles. The topological polar surface area (TPSA) is 555 Å². The number of aliphatic hydroxyl groups is 3. The molecule has 109 heavy (non-hydrogen) atoms. The number of aldehydes is 1. The number of rotatable bonds is 32. The maximum absolute atomic E-state index is 15.8. The van der Waals surface area contributed by atoms with E-state index in [0.717, 1.165) is 17.2 Å². The highest BCUT2D eigenvalue weighted by atomic mass is 33.1. The zero-order valence-electron chi connectivity index (χ0n) is 64.8. The van der Waals surface area contributed by atoms with E-state index in [0.29, 0.717) is 42.9 Å². The van der Waals surface area contributed by atoms with Crippen LogP contribution in [0, 0.1) is 28.6 Å². The van der Waals surface area contributed by atoms with Crippen molar-refractivity contribution >= 4 is 117 Å². The second kappa shape index (κ2) is 44.8. The second-order valence-corrected chi connectivity index (χ2v) is 32.9. The lowest BCUT2D eigenvalue weighted by atomic mass is 9.84. The smallest absolute Gasteiger partial charge is 0.304 e. The number of carbonyl (C=O) groups excluding carboxylic acids is 14. The summed E-state index contributed by atoms with van der Waals surface area (Å²) in [5, 5.41) is 75.7. The van der Waals surface area contributed by atoms with Crippen LogP contribution in [0.4, 0.5) is 0 Å². The molecular weight excluding hydrogens is 1460 g/mol. The van der Waals surface area contributed by atoms with Gasteiger partial charge in [0.25, 0.3) is 5.91 Å². The first kappa shape index (κ1) is 93.4. The van der Waals surface area contributed by atoms with Crippen LogP contribution in [-0.4, -0.2) is 265 Å². The number of amides is 13. The molecule has 4 rings (SSSR count).